The van der Waals surface area contributed by atoms with Crippen molar-refractivity contribution < 1.29 is 45.3 Å². The molecule has 0 fully saturated rings. The van der Waals surface area contributed by atoms with E-state index in [9.17, 15) is 0 Å². The number of benzene rings is 2. The van der Waals surface area contributed by atoms with Gasteiger partial charge in [0.2, 0.25) is 0 Å². The monoisotopic (exact) mass is 200 g/mol. The number of hydrogen-bond acceptors (Lipinski definition) is 1. The minimum atomic E-state index is 0. The number of rotatable bonds is 2. The molecule has 16 heavy (non-hydrogen) atoms. The molecule has 0 aliphatic rings. The number of hydrogen-bond donors (Lipinski definition) is 0. The molecule has 0 radical (unpaired) electrons. The summed E-state index contributed by atoms with van der Waals surface area (Å²) in [5, 5.41) is 0. The maximum absolute atomic E-state index is 5.11. The largest absolute Gasteiger partial charge is 1.00 e. The van der Waals surface area contributed by atoms with E-state index in [4.69, 9.17) is 4.74 Å². The first kappa shape index (κ1) is 15.4. The Balaban J connectivity index is -0.000000562. The predicted molar refractivity (Wildman–Crippen MR) is 60.7 cm³/mol. The average molecular weight is 200 g/mol. The second-order valence-corrected chi connectivity index (χ2v) is 3.09. The standard InChI is InChI=1S/C13H12O.2Li.2H/c1-14-13-9-7-12(8-10-13)11-5-3-2-4-6-11;;;;/h2-10H,1H3;;;;/q;2*+1;2*-1. The minimum Gasteiger partial charge on any atom is -1.00 e. The van der Waals surface area contributed by atoms with E-state index >= 15 is 0 Å². The maximum Gasteiger partial charge on any atom is 1.00 e. The van der Waals surface area contributed by atoms with Crippen LogP contribution in [0.2, 0.25) is 0 Å². The second kappa shape index (κ2) is 7.67. The van der Waals surface area contributed by atoms with Crippen molar-refractivity contribution in [2.24, 2.45) is 0 Å². The molecular weight excluding hydrogens is 186 g/mol. The molecule has 1 nitrogen and oxygen atoms in total. The smallest absolute Gasteiger partial charge is 1.00 e. The first-order chi connectivity index (χ1) is 6.90. The topological polar surface area (TPSA) is 9.23 Å². The predicted octanol–water partition coefficient (Wildman–Crippen LogP) is -2.40. The van der Waals surface area contributed by atoms with Gasteiger partial charge in [0, 0.05) is 0 Å². The van der Waals surface area contributed by atoms with Crippen LogP contribution < -0.4 is 42.5 Å². The summed E-state index contributed by atoms with van der Waals surface area (Å²) in [5.41, 5.74) is 2.45. The summed E-state index contributed by atoms with van der Waals surface area (Å²) in [6, 6.07) is 18.4. The Hall–Kier alpha value is -0.565. The average Bonchev–Trinajstić information content (AvgIpc) is 2.30. The van der Waals surface area contributed by atoms with Gasteiger partial charge in [0.1, 0.15) is 5.75 Å². The SMILES string of the molecule is COc1ccc(-c2ccccc2)cc1.[H-].[H-].[Li+].[Li+]. The van der Waals surface area contributed by atoms with Crippen molar-refractivity contribution in [2.45, 2.75) is 0 Å². The fourth-order valence-corrected chi connectivity index (χ4v) is 1.41. The Morgan fingerprint density at radius 3 is 1.75 bits per heavy atom. The molecule has 0 heterocycles. The third kappa shape index (κ3) is 3.78. The summed E-state index contributed by atoms with van der Waals surface area (Å²) in [6.45, 7) is 0. The van der Waals surface area contributed by atoms with Crippen LogP contribution in [0.1, 0.15) is 2.85 Å². The van der Waals surface area contributed by atoms with Crippen LogP contribution in [0.3, 0.4) is 0 Å². The van der Waals surface area contributed by atoms with Crippen LogP contribution in [0.4, 0.5) is 0 Å². The maximum atomic E-state index is 5.11. The molecule has 2 aromatic carbocycles. The first-order valence-corrected chi connectivity index (χ1v) is 4.59. The quantitative estimate of drug-likeness (QED) is 0.491. The van der Waals surface area contributed by atoms with E-state index in [2.05, 4.69) is 24.3 Å². The van der Waals surface area contributed by atoms with E-state index in [1.165, 1.54) is 11.1 Å². The van der Waals surface area contributed by atoms with Crippen molar-refractivity contribution in [3.8, 4) is 16.9 Å². The normalized spacial score (nSPS) is 8.56. The molecule has 2 aromatic rings. The van der Waals surface area contributed by atoms with E-state index in [0.29, 0.717) is 0 Å². The fourth-order valence-electron chi connectivity index (χ4n) is 1.41. The number of ether oxygens (including phenoxy) is 1. The van der Waals surface area contributed by atoms with Crippen LogP contribution in [-0.4, -0.2) is 7.11 Å². The van der Waals surface area contributed by atoms with Gasteiger partial charge in [-0.05, 0) is 23.3 Å². The van der Waals surface area contributed by atoms with Crippen molar-refractivity contribution in [1.29, 1.82) is 0 Å². The van der Waals surface area contributed by atoms with E-state index in [1.54, 1.807) is 7.11 Å². The molecule has 0 atom stereocenters. The molecule has 0 saturated heterocycles. The molecule has 0 unspecified atom stereocenters. The summed E-state index contributed by atoms with van der Waals surface area (Å²) in [4.78, 5) is 0. The van der Waals surface area contributed by atoms with Crippen molar-refractivity contribution in [3.63, 3.8) is 0 Å². The van der Waals surface area contributed by atoms with E-state index < -0.39 is 0 Å². The van der Waals surface area contributed by atoms with Gasteiger partial charge in [0.15, 0.2) is 0 Å². The first-order valence-electron chi connectivity index (χ1n) is 4.59. The fraction of sp³-hybridized carbons (Fsp3) is 0.0769. The molecule has 0 aliphatic heterocycles. The summed E-state index contributed by atoms with van der Waals surface area (Å²) in [5.74, 6) is 0.893. The van der Waals surface area contributed by atoms with Gasteiger partial charge in [0.25, 0.3) is 0 Å². The van der Waals surface area contributed by atoms with Gasteiger partial charge >= 0.3 is 37.7 Å². The van der Waals surface area contributed by atoms with Gasteiger partial charge < -0.3 is 7.59 Å². The Morgan fingerprint density at radius 1 is 0.750 bits per heavy atom. The Kier molecular flexibility index (Phi) is 7.40. The molecule has 3 heteroatoms. The molecular formula is C13H14Li2O. The van der Waals surface area contributed by atoms with Crippen LogP contribution in [-0.2, 0) is 0 Å². The third-order valence-electron chi connectivity index (χ3n) is 2.20. The zero-order valence-corrected chi connectivity index (χ0v) is 10.1. The summed E-state index contributed by atoms with van der Waals surface area (Å²) in [6.07, 6.45) is 0. The molecule has 74 valence electrons. The van der Waals surface area contributed by atoms with Crippen LogP contribution in [0.15, 0.2) is 54.6 Å². The number of methoxy groups -OCH3 is 1. The van der Waals surface area contributed by atoms with E-state index in [0.717, 1.165) is 5.75 Å². The molecule has 0 spiro atoms. The van der Waals surface area contributed by atoms with Crippen LogP contribution in [0.25, 0.3) is 11.1 Å². The van der Waals surface area contributed by atoms with Crippen molar-refractivity contribution in [2.75, 3.05) is 7.11 Å². The van der Waals surface area contributed by atoms with Crippen LogP contribution in [0, 0.1) is 0 Å². The molecule has 0 aliphatic carbocycles. The molecule has 0 N–H and O–H groups in total. The Labute approximate surface area is 124 Å². The van der Waals surface area contributed by atoms with Gasteiger partial charge in [-0.1, -0.05) is 42.5 Å². The Morgan fingerprint density at radius 2 is 1.25 bits per heavy atom. The van der Waals surface area contributed by atoms with Gasteiger partial charge in [-0.2, -0.15) is 0 Å². The van der Waals surface area contributed by atoms with Crippen molar-refractivity contribution in [1.82, 2.24) is 0 Å². The van der Waals surface area contributed by atoms with E-state index in [1.807, 2.05) is 30.3 Å². The van der Waals surface area contributed by atoms with Gasteiger partial charge in [0.05, 0.1) is 7.11 Å². The minimum absolute atomic E-state index is 0. The van der Waals surface area contributed by atoms with Crippen molar-refractivity contribution in [3.05, 3.63) is 54.6 Å². The van der Waals surface area contributed by atoms with E-state index in [-0.39, 0.29) is 40.6 Å². The molecule has 0 amide bonds. The van der Waals surface area contributed by atoms with Gasteiger partial charge in [-0.3, -0.25) is 0 Å². The summed E-state index contributed by atoms with van der Waals surface area (Å²) >= 11 is 0. The Bertz CT molecular complexity index is 407. The molecule has 0 bridgehead atoms. The second-order valence-electron chi connectivity index (χ2n) is 3.09. The molecule has 0 aromatic heterocycles. The molecule has 2 rings (SSSR count). The van der Waals surface area contributed by atoms with Gasteiger partial charge in [-0.15, -0.1) is 0 Å². The van der Waals surface area contributed by atoms with Crippen LogP contribution in [0.5, 0.6) is 5.75 Å². The zero-order chi connectivity index (χ0) is 9.80. The van der Waals surface area contributed by atoms with Crippen LogP contribution >= 0.6 is 0 Å². The third-order valence-corrected chi connectivity index (χ3v) is 2.20. The van der Waals surface area contributed by atoms with Crippen molar-refractivity contribution >= 4 is 0 Å². The summed E-state index contributed by atoms with van der Waals surface area (Å²) in [7, 11) is 1.68. The summed E-state index contributed by atoms with van der Waals surface area (Å²) < 4.78 is 5.11. The zero-order valence-electron chi connectivity index (χ0n) is 12.1. The molecule has 0 saturated carbocycles. The van der Waals surface area contributed by atoms with Gasteiger partial charge in [-0.25, -0.2) is 0 Å².